The number of benzene rings is 1. The van der Waals surface area contributed by atoms with Gasteiger partial charge in [-0.05, 0) is 36.7 Å². The zero-order valence-electron chi connectivity index (χ0n) is 30.3. The lowest BCUT2D eigenvalue weighted by atomic mass is 9.89. The number of esters is 1. The van der Waals surface area contributed by atoms with Crippen molar-refractivity contribution in [3.05, 3.63) is 35.9 Å². The number of rotatable bonds is 21. The van der Waals surface area contributed by atoms with E-state index in [0.29, 0.717) is 25.8 Å². The number of carbonyl (C=O) groups is 5. The van der Waals surface area contributed by atoms with E-state index in [9.17, 15) is 28.9 Å². The van der Waals surface area contributed by atoms with Gasteiger partial charge in [-0.1, -0.05) is 64.4 Å². The van der Waals surface area contributed by atoms with Crippen LogP contribution in [-0.4, -0.2) is 122 Å². The van der Waals surface area contributed by atoms with Crippen molar-refractivity contribution in [3.8, 4) is 0 Å². The van der Waals surface area contributed by atoms with Crippen LogP contribution in [0.5, 0.6) is 0 Å². The lowest BCUT2D eigenvalue weighted by molar-refractivity contribution is -0.146. The zero-order chi connectivity index (χ0) is 36.7. The number of likely N-dealkylation sites (tertiary alicyclic amines) is 1. The van der Waals surface area contributed by atoms with Gasteiger partial charge in [0.1, 0.15) is 6.04 Å². The molecule has 276 valence electrons. The second kappa shape index (κ2) is 21.2. The number of nitrogens with zero attached hydrogens (tertiary/aromatic N) is 2. The van der Waals surface area contributed by atoms with E-state index in [1.54, 1.807) is 16.8 Å². The van der Waals surface area contributed by atoms with Crippen LogP contribution in [0.3, 0.4) is 0 Å². The molecule has 1 aromatic carbocycles. The Morgan fingerprint density at radius 2 is 1.76 bits per heavy atom. The number of amides is 4. The molecule has 14 heteroatoms. The molecule has 1 saturated heterocycles. The zero-order valence-corrected chi connectivity index (χ0v) is 31.2. The highest BCUT2D eigenvalue weighted by Crippen LogP contribution is 2.37. The van der Waals surface area contributed by atoms with Crippen molar-refractivity contribution < 1.29 is 43.1 Å². The summed E-state index contributed by atoms with van der Waals surface area (Å²) in [6, 6.07) is 7.85. The number of hydrogen-bond acceptors (Lipinski definition) is 9. The number of methoxy groups -OCH3 is 3. The molecule has 0 saturated carbocycles. The monoisotopic (exact) mass is 708 g/mol. The summed E-state index contributed by atoms with van der Waals surface area (Å²) in [6.45, 7) is 8.23. The van der Waals surface area contributed by atoms with Crippen molar-refractivity contribution in [2.24, 2.45) is 11.8 Å². The molecule has 3 N–H and O–H groups in total. The Kier molecular flexibility index (Phi) is 18.2. The molecule has 0 aromatic heterocycles. The summed E-state index contributed by atoms with van der Waals surface area (Å²) in [5, 5.41) is 5.55. The van der Waals surface area contributed by atoms with Gasteiger partial charge in [0.25, 0.3) is 0 Å². The lowest BCUT2D eigenvalue weighted by Gasteiger charge is -2.40. The van der Waals surface area contributed by atoms with Crippen molar-refractivity contribution in [1.82, 2.24) is 20.4 Å². The van der Waals surface area contributed by atoms with Crippen molar-refractivity contribution in [3.63, 3.8) is 0 Å². The molecule has 8 atom stereocenters. The third-order valence-corrected chi connectivity index (χ3v) is 11.1. The summed E-state index contributed by atoms with van der Waals surface area (Å²) in [5.74, 6) is -2.20. The fourth-order valence-corrected chi connectivity index (χ4v) is 7.86. The topological polar surface area (TPSA) is 164 Å². The molecule has 2 rings (SSSR count). The van der Waals surface area contributed by atoms with E-state index in [1.807, 2.05) is 58.0 Å². The van der Waals surface area contributed by atoms with E-state index in [0.717, 1.165) is 18.4 Å². The number of nitrogens with one attached hydrogen (secondary N) is 2. The summed E-state index contributed by atoms with van der Waals surface area (Å²) >= 11 is 0. The van der Waals surface area contributed by atoms with Crippen LogP contribution in [0.25, 0.3) is 0 Å². The van der Waals surface area contributed by atoms with Gasteiger partial charge in [0.05, 0.1) is 64.3 Å². The number of hydrogen-bond donors (Lipinski definition) is 3. The van der Waals surface area contributed by atoms with E-state index in [-0.39, 0.29) is 54.6 Å². The van der Waals surface area contributed by atoms with Gasteiger partial charge in [0, 0.05) is 27.8 Å². The minimum absolute atomic E-state index is 0.0111. The number of carbonyl (C=O) groups excluding carboxylic acids is 5. The highest BCUT2D eigenvalue weighted by atomic mass is 31.1. The van der Waals surface area contributed by atoms with Gasteiger partial charge in [0.15, 0.2) is 0 Å². The quantitative estimate of drug-likeness (QED) is 0.0990. The average molecular weight is 709 g/mol. The van der Waals surface area contributed by atoms with Crippen molar-refractivity contribution >= 4 is 38.2 Å². The molecule has 1 aliphatic heterocycles. The first-order chi connectivity index (χ1) is 23.3. The van der Waals surface area contributed by atoms with Gasteiger partial charge in [-0.2, -0.15) is 0 Å². The molecule has 1 fully saturated rings. The first-order valence-electron chi connectivity index (χ1n) is 17.0. The van der Waals surface area contributed by atoms with Crippen LogP contribution < -0.4 is 10.6 Å². The second-order valence-electron chi connectivity index (χ2n) is 13.0. The Morgan fingerprint density at radius 1 is 1.08 bits per heavy atom. The summed E-state index contributed by atoms with van der Waals surface area (Å²) in [7, 11) is 4.05. The molecule has 4 amide bonds. The predicted molar refractivity (Wildman–Crippen MR) is 188 cm³/mol. The fraction of sp³-hybridized carbons (Fsp3) is 0.686. The number of likely N-dealkylation sites (N-methyl/N-ethyl adjacent to an activating group) is 1. The Labute approximate surface area is 292 Å². The standard InChI is InChI=1S/C35H57N4O9P/c1-9-24(4)34(38(5)35(44)33(23(2)3)36-22-40)28(47-7)20-31(42)39-17-13-16-26(39)27(46-6)19-29(41)37-30(49(45)21-32(43)48-8)18-25-14-11-10-12-15-25/h10-12,14-15,22-24,26-28,30,33-34,45H,9,13,16-21H2,1-8H3,(H,36,40)(H,37,41)/t24?,26?,27?,28?,30?,33-,34?,49?/m0/s1. The minimum atomic E-state index is -1.92. The summed E-state index contributed by atoms with van der Waals surface area (Å²) in [6.07, 6.45) is 1.45. The van der Waals surface area contributed by atoms with Crippen LogP contribution in [0.1, 0.15) is 65.4 Å². The normalized spacial score (nSPS) is 18.8. The van der Waals surface area contributed by atoms with E-state index in [2.05, 4.69) is 10.6 Å². The maximum atomic E-state index is 13.9. The Morgan fingerprint density at radius 3 is 2.31 bits per heavy atom. The summed E-state index contributed by atoms with van der Waals surface area (Å²) in [5.41, 5.74) is 0.894. The van der Waals surface area contributed by atoms with Crippen LogP contribution in [0, 0.1) is 11.8 Å². The lowest BCUT2D eigenvalue weighted by Crippen LogP contribution is -2.56. The van der Waals surface area contributed by atoms with Crippen LogP contribution >= 0.6 is 8.15 Å². The molecule has 49 heavy (non-hydrogen) atoms. The minimum Gasteiger partial charge on any atom is -0.469 e. The third-order valence-electron chi connectivity index (χ3n) is 9.48. The van der Waals surface area contributed by atoms with Gasteiger partial charge in [-0.3, -0.25) is 24.0 Å². The van der Waals surface area contributed by atoms with E-state index in [4.69, 9.17) is 14.2 Å². The third kappa shape index (κ3) is 12.3. The van der Waals surface area contributed by atoms with Crippen LogP contribution in [-0.2, 0) is 44.6 Å². The fourth-order valence-electron chi connectivity index (χ4n) is 6.53. The first-order valence-corrected chi connectivity index (χ1v) is 18.5. The van der Waals surface area contributed by atoms with E-state index in [1.165, 1.54) is 21.3 Å². The molecule has 0 aliphatic carbocycles. The van der Waals surface area contributed by atoms with Gasteiger partial charge in [-0.15, -0.1) is 0 Å². The first kappa shape index (κ1) is 42.0. The molecule has 13 nitrogen and oxygen atoms in total. The van der Waals surface area contributed by atoms with Gasteiger partial charge < -0.3 is 39.5 Å². The van der Waals surface area contributed by atoms with Crippen molar-refractivity contribution in [1.29, 1.82) is 0 Å². The Hall–Kier alpha value is -3.12. The molecule has 7 unspecified atom stereocenters. The second-order valence-corrected chi connectivity index (χ2v) is 14.8. The molecule has 0 radical (unpaired) electrons. The molecule has 0 bridgehead atoms. The van der Waals surface area contributed by atoms with E-state index < -0.39 is 44.2 Å². The SMILES string of the molecule is CCC(C)C(C(CC(=O)N1CCCC1C(CC(=O)NC(Cc1ccccc1)P(O)CC(=O)OC)OC)OC)N(C)C(=O)[C@@H](NC=O)C(C)C. The van der Waals surface area contributed by atoms with E-state index >= 15 is 0 Å². The molecular formula is C35H57N4O9P. The summed E-state index contributed by atoms with van der Waals surface area (Å²) < 4.78 is 16.4. The van der Waals surface area contributed by atoms with Crippen LogP contribution in [0.15, 0.2) is 30.3 Å². The van der Waals surface area contributed by atoms with Gasteiger partial charge >= 0.3 is 5.97 Å². The van der Waals surface area contributed by atoms with Gasteiger partial charge in [-0.25, -0.2) is 0 Å². The largest absolute Gasteiger partial charge is 0.469 e. The van der Waals surface area contributed by atoms with Crippen LogP contribution in [0.4, 0.5) is 0 Å². The highest BCUT2D eigenvalue weighted by Gasteiger charge is 2.41. The maximum Gasteiger partial charge on any atom is 0.312 e. The molecule has 1 aromatic rings. The number of ether oxygens (including phenoxy) is 3. The van der Waals surface area contributed by atoms with Crippen molar-refractivity contribution in [2.75, 3.05) is 41.1 Å². The van der Waals surface area contributed by atoms with Crippen molar-refractivity contribution in [2.45, 2.75) is 102 Å². The molecule has 0 spiro atoms. The molecular weight excluding hydrogens is 651 g/mol. The Bertz CT molecular complexity index is 1210. The Balaban J connectivity index is 2.21. The summed E-state index contributed by atoms with van der Waals surface area (Å²) in [4.78, 5) is 78.3. The van der Waals surface area contributed by atoms with Crippen LogP contribution in [0.2, 0.25) is 0 Å². The maximum absolute atomic E-state index is 13.9. The molecule has 1 aliphatic rings. The van der Waals surface area contributed by atoms with Gasteiger partial charge in [0.2, 0.25) is 24.1 Å². The smallest absolute Gasteiger partial charge is 0.312 e. The molecule has 1 heterocycles. The predicted octanol–water partition coefficient (Wildman–Crippen LogP) is 2.68. The average Bonchev–Trinajstić information content (AvgIpc) is 3.58. The highest BCUT2D eigenvalue weighted by molar-refractivity contribution is 7.53.